The third kappa shape index (κ3) is 1.99. The minimum Gasteiger partial charge on any atom is -0.507 e. The molecule has 0 amide bonds. The maximum atomic E-state index is 9.81. The molecular weight excluding hydrogens is 268 g/mol. The summed E-state index contributed by atoms with van der Waals surface area (Å²) in [6.45, 7) is 0. The molecule has 100 valence electrons. The fourth-order valence-corrected chi connectivity index (χ4v) is 2.39. The van der Waals surface area contributed by atoms with E-state index in [1.165, 1.54) is 6.07 Å². The van der Waals surface area contributed by atoms with E-state index in [1.807, 2.05) is 0 Å². The lowest BCUT2D eigenvalue weighted by molar-refractivity contribution is -0.0858. The first-order valence-electron chi connectivity index (χ1n) is 6.03. The number of phenolic OH excluding ortho intramolecular Hbond substituents is 1. The van der Waals surface area contributed by atoms with Gasteiger partial charge in [0, 0.05) is 12.1 Å². The van der Waals surface area contributed by atoms with Crippen LogP contribution in [0.3, 0.4) is 0 Å². The Balaban J connectivity index is 1.99. The lowest BCUT2D eigenvalue weighted by Crippen LogP contribution is -2.37. The van der Waals surface area contributed by atoms with E-state index in [4.69, 9.17) is 20.9 Å². The number of methoxy groups -OCH3 is 1. The maximum absolute atomic E-state index is 9.81. The van der Waals surface area contributed by atoms with Crippen LogP contribution in [0.4, 0.5) is 0 Å². The van der Waals surface area contributed by atoms with E-state index in [9.17, 15) is 5.11 Å². The summed E-state index contributed by atoms with van der Waals surface area (Å²) < 4.78 is 10.7. The zero-order valence-electron chi connectivity index (χ0n) is 10.4. The van der Waals surface area contributed by atoms with Gasteiger partial charge in [-0.25, -0.2) is 0 Å². The predicted octanol–water partition coefficient (Wildman–Crippen LogP) is 3.12. The molecule has 0 bridgehead atoms. The zero-order valence-corrected chi connectivity index (χ0v) is 11.1. The standard InChI is InChI=1S/C13H13ClN2O3/c1-18-13(5-2-6-13)12-15-11(19-16-12)9-7-8(14)3-4-10(9)17/h3-4,7,17H,2,5-6H2,1H3. The number of aromatic hydroxyl groups is 1. The monoisotopic (exact) mass is 280 g/mol. The number of aromatic nitrogens is 2. The molecular formula is C13H13ClN2O3. The van der Waals surface area contributed by atoms with Gasteiger partial charge in [-0.15, -0.1) is 0 Å². The summed E-state index contributed by atoms with van der Waals surface area (Å²) in [5.74, 6) is 0.827. The molecule has 6 heteroatoms. The van der Waals surface area contributed by atoms with Crippen LogP contribution in [0.25, 0.3) is 11.5 Å². The fraction of sp³-hybridized carbons (Fsp3) is 0.385. The van der Waals surface area contributed by atoms with Crippen molar-refractivity contribution >= 4 is 11.6 Å². The van der Waals surface area contributed by atoms with Gasteiger partial charge in [-0.3, -0.25) is 0 Å². The van der Waals surface area contributed by atoms with Crippen LogP contribution in [0.1, 0.15) is 25.1 Å². The highest BCUT2D eigenvalue weighted by molar-refractivity contribution is 6.30. The second kappa shape index (κ2) is 4.51. The van der Waals surface area contributed by atoms with Crippen molar-refractivity contribution in [3.63, 3.8) is 0 Å². The van der Waals surface area contributed by atoms with Crippen molar-refractivity contribution in [2.24, 2.45) is 0 Å². The van der Waals surface area contributed by atoms with Gasteiger partial charge in [0.25, 0.3) is 5.89 Å². The molecule has 1 aliphatic rings. The highest BCUT2D eigenvalue weighted by Crippen LogP contribution is 2.43. The van der Waals surface area contributed by atoms with Gasteiger partial charge in [-0.2, -0.15) is 4.98 Å². The van der Waals surface area contributed by atoms with Crippen molar-refractivity contribution < 1.29 is 14.4 Å². The third-order valence-electron chi connectivity index (χ3n) is 3.57. The van der Waals surface area contributed by atoms with Crippen LogP contribution in [0, 0.1) is 0 Å². The molecule has 1 heterocycles. The zero-order chi connectivity index (χ0) is 13.5. The van der Waals surface area contributed by atoms with Gasteiger partial charge in [-0.05, 0) is 37.5 Å². The Labute approximate surface area is 115 Å². The Morgan fingerprint density at radius 2 is 2.21 bits per heavy atom. The van der Waals surface area contributed by atoms with Crippen LogP contribution in [0.2, 0.25) is 5.02 Å². The minimum atomic E-state index is -0.435. The van der Waals surface area contributed by atoms with Gasteiger partial charge in [-0.1, -0.05) is 16.8 Å². The summed E-state index contributed by atoms with van der Waals surface area (Å²) >= 11 is 5.90. The normalized spacial score (nSPS) is 17.2. The molecule has 0 saturated heterocycles. The molecule has 0 unspecified atom stereocenters. The lowest BCUT2D eigenvalue weighted by Gasteiger charge is -2.37. The largest absolute Gasteiger partial charge is 0.507 e. The summed E-state index contributed by atoms with van der Waals surface area (Å²) in [6, 6.07) is 4.69. The first-order valence-corrected chi connectivity index (χ1v) is 6.41. The molecule has 5 nitrogen and oxygen atoms in total. The molecule has 3 rings (SSSR count). The molecule has 1 aliphatic carbocycles. The van der Waals surface area contributed by atoms with Crippen LogP contribution in [0.5, 0.6) is 5.75 Å². The topological polar surface area (TPSA) is 68.4 Å². The van der Waals surface area contributed by atoms with Crippen LogP contribution in [-0.2, 0) is 10.3 Å². The summed E-state index contributed by atoms with van der Waals surface area (Å²) in [7, 11) is 1.64. The van der Waals surface area contributed by atoms with Gasteiger partial charge in [0.05, 0.1) is 5.56 Å². The van der Waals surface area contributed by atoms with Gasteiger partial charge >= 0.3 is 0 Å². The second-order valence-corrected chi connectivity index (χ2v) is 5.07. The average Bonchev–Trinajstić information content (AvgIpc) is 2.81. The summed E-state index contributed by atoms with van der Waals surface area (Å²) in [6.07, 6.45) is 2.84. The van der Waals surface area contributed by atoms with Gasteiger partial charge in [0.2, 0.25) is 5.82 Å². The van der Waals surface area contributed by atoms with Crippen molar-refractivity contribution in [2.75, 3.05) is 7.11 Å². The number of hydrogen-bond donors (Lipinski definition) is 1. The lowest BCUT2D eigenvalue weighted by atomic mass is 9.79. The molecule has 2 aromatic rings. The predicted molar refractivity (Wildman–Crippen MR) is 68.9 cm³/mol. The first-order chi connectivity index (χ1) is 9.14. The van der Waals surface area contributed by atoms with E-state index in [-0.39, 0.29) is 11.6 Å². The molecule has 0 radical (unpaired) electrons. The van der Waals surface area contributed by atoms with Crippen LogP contribution >= 0.6 is 11.6 Å². The van der Waals surface area contributed by atoms with Crippen molar-refractivity contribution in [3.05, 3.63) is 29.0 Å². The number of nitrogens with zero attached hydrogens (tertiary/aromatic N) is 2. The average molecular weight is 281 g/mol. The Kier molecular flexibility index (Phi) is 2.95. The van der Waals surface area contributed by atoms with E-state index in [2.05, 4.69) is 10.1 Å². The maximum Gasteiger partial charge on any atom is 0.261 e. The molecule has 1 aromatic heterocycles. The highest BCUT2D eigenvalue weighted by atomic mass is 35.5. The SMILES string of the molecule is COC1(c2noc(-c3cc(Cl)ccc3O)n2)CCC1. The number of benzene rings is 1. The third-order valence-corrected chi connectivity index (χ3v) is 3.81. The Bertz CT molecular complexity index is 602. The second-order valence-electron chi connectivity index (χ2n) is 4.64. The van der Waals surface area contributed by atoms with Gasteiger partial charge < -0.3 is 14.4 Å². The molecule has 0 spiro atoms. The van der Waals surface area contributed by atoms with Crippen molar-refractivity contribution in [2.45, 2.75) is 24.9 Å². The Hall–Kier alpha value is -1.59. The number of phenols is 1. The smallest absolute Gasteiger partial charge is 0.261 e. The number of halogens is 1. The molecule has 0 atom stereocenters. The number of hydrogen-bond acceptors (Lipinski definition) is 5. The van der Waals surface area contributed by atoms with Crippen molar-refractivity contribution in [1.82, 2.24) is 10.1 Å². The quantitative estimate of drug-likeness (QED) is 0.935. The van der Waals surface area contributed by atoms with E-state index in [0.717, 1.165) is 19.3 Å². The van der Waals surface area contributed by atoms with Crippen LogP contribution < -0.4 is 0 Å². The summed E-state index contributed by atoms with van der Waals surface area (Å²) in [4.78, 5) is 4.33. The molecule has 1 saturated carbocycles. The number of rotatable bonds is 3. The first kappa shape index (κ1) is 12.4. The van der Waals surface area contributed by atoms with Gasteiger partial charge in [0.1, 0.15) is 11.4 Å². The molecule has 0 aliphatic heterocycles. The number of ether oxygens (including phenoxy) is 1. The van der Waals surface area contributed by atoms with E-state index >= 15 is 0 Å². The Morgan fingerprint density at radius 1 is 1.42 bits per heavy atom. The van der Waals surface area contributed by atoms with E-state index in [1.54, 1.807) is 19.2 Å². The summed E-state index contributed by atoms with van der Waals surface area (Å²) in [5.41, 5.74) is -0.00696. The molecule has 1 N–H and O–H groups in total. The molecule has 1 aromatic carbocycles. The molecule has 1 fully saturated rings. The highest BCUT2D eigenvalue weighted by Gasteiger charge is 2.43. The Morgan fingerprint density at radius 3 is 2.84 bits per heavy atom. The molecule has 19 heavy (non-hydrogen) atoms. The van der Waals surface area contributed by atoms with E-state index < -0.39 is 5.60 Å². The fourth-order valence-electron chi connectivity index (χ4n) is 2.21. The van der Waals surface area contributed by atoms with Crippen LogP contribution in [-0.4, -0.2) is 22.4 Å². The minimum absolute atomic E-state index is 0.0553. The van der Waals surface area contributed by atoms with Crippen LogP contribution in [0.15, 0.2) is 22.7 Å². The van der Waals surface area contributed by atoms with Crippen molar-refractivity contribution in [3.8, 4) is 17.2 Å². The summed E-state index contributed by atoms with van der Waals surface area (Å²) in [5, 5.41) is 14.3. The van der Waals surface area contributed by atoms with E-state index in [0.29, 0.717) is 16.4 Å². The van der Waals surface area contributed by atoms with Gasteiger partial charge in [0.15, 0.2) is 0 Å². The van der Waals surface area contributed by atoms with Crippen molar-refractivity contribution in [1.29, 1.82) is 0 Å².